The van der Waals surface area contributed by atoms with Gasteiger partial charge in [-0.15, -0.1) is 0 Å². The Hall–Kier alpha value is -1.89. The number of nitrogens with two attached hydrogens (primary N) is 1. The Labute approximate surface area is 141 Å². The molecule has 0 radical (unpaired) electrons. The fourth-order valence-corrected chi connectivity index (χ4v) is 3.03. The molecule has 2 atom stereocenters. The number of hydrogen-bond donors (Lipinski definition) is 2. The Kier molecular flexibility index (Phi) is 10.7. The second-order valence-electron chi connectivity index (χ2n) is 4.55. The standard InChI is InChI=1S/C13H20NO5P.C2H4O2/c1-3-17-13(15)11(2)18-20(16,10-9-14)19-12-7-5-4-6-8-12;1-2(3)4/h4-8,11H,3,9-10,14H2,1-2H3;1H3,(H,3,4)/t11-,20?;/m0./s1. The van der Waals surface area contributed by atoms with E-state index in [0.717, 1.165) is 6.92 Å². The van der Waals surface area contributed by atoms with Crippen LogP contribution in [0.15, 0.2) is 30.3 Å². The second kappa shape index (κ2) is 11.6. The van der Waals surface area contributed by atoms with Crippen molar-refractivity contribution in [2.75, 3.05) is 19.3 Å². The van der Waals surface area contributed by atoms with Crippen LogP contribution in [0.2, 0.25) is 0 Å². The molecular formula is C15H24NO7P. The van der Waals surface area contributed by atoms with E-state index < -0.39 is 25.6 Å². The molecule has 0 aliphatic rings. The molecule has 0 saturated heterocycles. The van der Waals surface area contributed by atoms with E-state index in [9.17, 15) is 9.36 Å². The van der Waals surface area contributed by atoms with Crippen LogP contribution in [0.3, 0.4) is 0 Å². The lowest BCUT2D eigenvalue weighted by Gasteiger charge is -2.21. The summed E-state index contributed by atoms with van der Waals surface area (Å²) >= 11 is 0. The molecule has 0 amide bonds. The fraction of sp³-hybridized carbons (Fsp3) is 0.467. The molecule has 1 unspecified atom stereocenters. The number of carboxylic acid groups (broad SMARTS) is 1. The highest BCUT2D eigenvalue weighted by Crippen LogP contribution is 2.48. The summed E-state index contributed by atoms with van der Waals surface area (Å²) < 4.78 is 28.0. The van der Waals surface area contributed by atoms with Crippen LogP contribution >= 0.6 is 7.60 Å². The van der Waals surface area contributed by atoms with Crippen LogP contribution in [0.25, 0.3) is 0 Å². The summed E-state index contributed by atoms with van der Waals surface area (Å²) in [6.07, 6.45) is -0.956. The van der Waals surface area contributed by atoms with Gasteiger partial charge >= 0.3 is 13.6 Å². The minimum absolute atomic E-state index is 0.0195. The SMILES string of the molecule is CC(=O)O.CCOC(=O)[C@H](C)OP(=O)(CCN)Oc1ccccc1. The number of rotatable bonds is 8. The highest BCUT2D eigenvalue weighted by Gasteiger charge is 2.31. The molecule has 8 nitrogen and oxygen atoms in total. The Bertz CT molecular complexity index is 546. The number of hydrogen-bond acceptors (Lipinski definition) is 7. The van der Waals surface area contributed by atoms with E-state index in [1.165, 1.54) is 6.92 Å². The number of ether oxygens (including phenoxy) is 1. The van der Waals surface area contributed by atoms with E-state index in [0.29, 0.717) is 5.75 Å². The highest BCUT2D eigenvalue weighted by molar-refractivity contribution is 7.54. The van der Waals surface area contributed by atoms with Crippen molar-refractivity contribution in [1.82, 2.24) is 0 Å². The molecule has 0 aliphatic heterocycles. The smallest absolute Gasteiger partial charge is 0.381 e. The molecule has 0 aliphatic carbocycles. The number of carboxylic acids is 1. The van der Waals surface area contributed by atoms with Gasteiger partial charge in [0.05, 0.1) is 12.8 Å². The van der Waals surface area contributed by atoms with Crippen LogP contribution in [0.4, 0.5) is 0 Å². The molecule has 0 spiro atoms. The molecule has 9 heteroatoms. The van der Waals surface area contributed by atoms with Crippen LogP contribution in [-0.2, 0) is 23.4 Å². The predicted molar refractivity (Wildman–Crippen MR) is 89.1 cm³/mol. The minimum Gasteiger partial charge on any atom is -0.481 e. The monoisotopic (exact) mass is 361 g/mol. The van der Waals surface area contributed by atoms with Gasteiger partial charge < -0.3 is 20.1 Å². The number of aliphatic carboxylic acids is 1. The van der Waals surface area contributed by atoms with Gasteiger partial charge in [-0.3, -0.25) is 9.32 Å². The molecule has 24 heavy (non-hydrogen) atoms. The van der Waals surface area contributed by atoms with Crippen LogP contribution in [0, 0.1) is 0 Å². The van der Waals surface area contributed by atoms with Gasteiger partial charge in [0.1, 0.15) is 5.75 Å². The summed E-state index contributed by atoms with van der Waals surface area (Å²) in [5, 5.41) is 7.42. The van der Waals surface area contributed by atoms with Crippen LogP contribution in [0.1, 0.15) is 20.8 Å². The molecule has 0 aromatic heterocycles. The Morgan fingerprint density at radius 1 is 1.29 bits per heavy atom. The van der Waals surface area contributed by atoms with Crippen molar-refractivity contribution in [3.8, 4) is 5.75 Å². The van der Waals surface area contributed by atoms with Crippen molar-refractivity contribution in [3.05, 3.63) is 30.3 Å². The van der Waals surface area contributed by atoms with Crippen molar-refractivity contribution in [2.45, 2.75) is 26.9 Å². The van der Waals surface area contributed by atoms with Gasteiger partial charge in [0.25, 0.3) is 5.97 Å². The number of esters is 1. The first-order chi connectivity index (χ1) is 11.2. The van der Waals surface area contributed by atoms with Crippen LogP contribution in [0.5, 0.6) is 5.75 Å². The molecule has 136 valence electrons. The molecule has 1 rings (SSSR count). The lowest BCUT2D eigenvalue weighted by atomic mass is 10.3. The fourth-order valence-electron chi connectivity index (χ4n) is 1.46. The zero-order valence-corrected chi connectivity index (χ0v) is 14.9. The lowest BCUT2D eigenvalue weighted by Crippen LogP contribution is -2.24. The highest BCUT2D eigenvalue weighted by atomic mass is 31.2. The van der Waals surface area contributed by atoms with Gasteiger partial charge in [0.15, 0.2) is 6.10 Å². The summed E-state index contributed by atoms with van der Waals surface area (Å²) in [7, 11) is -3.50. The second-order valence-corrected chi connectivity index (χ2v) is 6.61. The van der Waals surface area contributed by atoms with Gasteiger partial charge in [-0.2, -0.15) is 0 Å². The Balaban J connectivity index is 0.00000118. The normalized spacial score (nSPS) is 13.7. The zero-order chi connectivity index (χ0) is 18.6. The summed E-state index contributed by atoms with van der Waals surface area (Å²) in [5.41, 5.74) is 5.43. The Morgan fingerprint density at radius 2 is 1.83 bits per heavy atom. The van der Waals surface area contributed by atoms with Crippen molar-refractivity contribution in [1.29, 1.82) is 0 Å². The first-order valence-corrected chi connectivity index (χ1v) is 9.05. The van der Waals surface area contributed by atoms with E-state index >= 15 is 0 Å². The quantitative estimate of drug-likeness (QED) is 0.533. The first kappa shape index (κ1) is 22.1. The molecule has 0 fully saturated rings. The topological polar surface area (TPSA) is 125 Å². The van der Waals surface area contributed by atoms with Gasteiger partial charge in [-0.05, 0) is 26.0 Å². The Morgan fingerprint density at radius 3 is 2.29 bits per heavy atom. The van der Waals surface area contributed by atoms with Crippen molar-refractivity contribution in [2.24, 2.45) is 5.73 Å². The number of carbonyl (C=O) groups excluding carboxylic acids is 1. The van der Waals surface area contributed by atoms with Gasteiger partial charge in [-0.1, -0.05) is 18.2 Å². The van der Waals surface area contributed by atoms with Crippen molar-refractivity contribution >= 4 is 19.5 Å². The average molecular weight is 361 g/mol. The molecule has 0 heterocycles. The number of benzene rings is 1. The van der Waals surface area contributed by atoms with Crippen molar-refractivity contribution in [3.63, 3.8) is 0 Å². The molecule has 1 aromatic rings. The number of carbonyl (C=O) groups is 2. The maximum atomic E-state index is 12.6. The third-order valence-corrected chi connectivity index (χ3v) is 4.26. The summed E-state index contributed by atoms with van der Waals surface area (Å²) in [5.74, 6) is -1.01. The minimum atomic E-state index is -3.50. The molecule has 0 bridgehead atoms. The van der Waals surface area contributed by atoms with Crippen molar-refractivity contribution < 1.29 is 33.0 Å². The largest absolute Gasteiger partial charge is 0.481 e. The van der Waals surface area contributed by atoms with E-state index in [2.05, 4.69) is 0 Å². The van der Waals surface area contributed by atoms with Gasteiger partial charge in [0.2, 0.25) is 0 Å². The summed E-state index contributed by atoms with van der Waals surface area (Å²) in [4.78, 5) is 20.5. The van der Waals surface area contributed by atoms with E-state index in [4.69, 9.17) is 29.4 Å². The molecule has 1 aromatic carbocycles. The zero-order valence-electron chi connectivity index (χ0n) is 14.0. The summed E-state index contributed by atoms with van der Waals surface area (Å²) in [6.45, 7) is 4.59. The van der Waals surface area contributed by atoms with E-state index in [1.807, 2.05) is 6.07 Å². The average Bonchev–Trinajstić information content (AvgIpc) is 2.47. The third kappa shape index (κ3) is 9.99. The number of para-hydroxylation sites is 1. The molecule has 3 N–H and O–H groups in total. The first-order valence-electron chi connectivity index (χ1n) is 7.32. The maximum Gasteiger partial charge on any atom is 0.381 e. The third-order valence-electron chi connectivity index (χ3n) is 2.33. The summed E-state index contributed by atoms with van der Waals surface area (Å²) in [6, 6.07) is 8.61. The van der Waals surface area contributed by atoms with Crippen LogP contribution in [-0.4, -0.2) is 42.5 Å². The predicted octanol–water partition coefficient (Wildman–Crippen LogP) is 2.28. The van der Waals surface area contributed by atoms with Gasteiger partial charge in [-0.25, -0.2) is 9.36 Å². The lowest BCUT2D eigenvalue weighted by molar-refractivity contribution is -0.150. The van der Waals surface area contributed by atoms with Crippen LogP contribution < -0.4 is 10.3 Å². The van der Waals surface area contributed by atoms with E-state index in [-0.39, 0.29) is 19.3 Å². The molecule has 0 saturated carbocycles. The van der Waals surface area contributed by atoms with E-state index in [1.54, 1.807) is 31.2 Å². The maximum absolute atomic E-state index is 12.6. The van der Waals surface area contributed by atoms with Gasteiger partial charge in [0, 0.05) is 13.5 Å². The molecular weight excluding hydrogens is 337 g/mol.